The molecule has 0 aliphatic rings. The van der Waals surface area contributed by atoms with Crippen LogP contribution in [0.1, 0.15) is 11.4 Å². The van der Waals surface area contributed by atoms with Crippen LogP contribution in [0.3, 0.4) is 0 Å². The summed E-state index contributed by atoms with van der Waals surface area (Å²) >= 11 is 0. The lowest BCUT2D eigenvalue weighted by molar-refractivity contribution is -0.384. The fourth-order valence-electron chi connectivity index (χ4n) is 2.12. The van der Waals surface area contributed by atoms with Crippen LogP contribution in [0.5, 0.6) is 5.75 Å². The summed E-state index contributed by atoms with van der Waals surface area (Å²) in [5.74, 6) is 0.456. The van der Waals surface area contributed by atoms with Gasteiger partial charge in [0.05, 0.1) is 22.2 Å². The number of ether oxygens (including phenoxy) is 1. The molecule has 0 saturated heterocycles. The van der Waals surface area contributed by atoms with Crippen LogP contribution in [-0.2, 0) is 12.8 Å². The monoisotopic (exact) mass is 365 g/mol. The van der Waals surface area contributed by atoms with E-state index in [1.54, 1.807) is 0 Å². The molecule has 0 amide bonds. The second kappa shape index (κ2) is 6.78. The van der Waals surface area contributed by atoms with Crippen molar-refractivity contribution in [2.45, 2.75) is 12.8 Å². The number of hydrogen-bond acceptors (Lipinski definition) is 6. The molecule has 0 radical (unpaired) electrons. The van der Waals surface area contributed by atoms with Gasteiger partial charge in [0.25, 0.3) is 5.69 Å². The van der Waals surface area contributed by atoms with Crippen LogP contribution in [0.2, 0.25) is 0 Å². The molecule has 0 aliphatic heterocycles. The molecular weight excluding hydrogens is 355 g/mol. The summed E-state index contributed by atoms with van der Waals surface area (Å²) in [6.45, 7) is -0.130. The fraction of sp³-hybridized carbons (Fsp3) is 0.133. The zero-order valence-electron chi connectivity index (χ0n) is 12.9. The van der Waals surface area contributed by atoms with Gasteiger partial charge in [-0.15, -0.1) is 5.10 Å². The standard InChI is InChI=1S/C15H10F3N5O3/c16-15(17,18)10-4-6-11(7-5-10)22-14(19-20-21-22)9-26-13-3-1-2-12(8-13)23(24)25/h1-8H,9H2. The summed E-state index contributed by atoms with van der Waals surface area (Å²) in [7, 11) is 0. The molecule has 0 atom stereocenters. The number of alkyl halides is 3. The van der Waals surface area contributed by atoms with Gasteiger partial charge in [0, 0.05) is 6.07 Å². The van der Waals surface area contributed by atoms with E-state index in [1.807, 2.05) is 0 Å². The molecular formula is C15H10F3N5O3. The Kier molecular flexibility index (Phi) is 4.52. The Morgan fingerprint density at radius 1 is 1.15 bits per heavy atom. The third-order valence-corrected chi connectivity index (χ3v) is 3.37. The molecule has 0 N–H and O–H groups in total. The predicted molar refractivity (Wildman–Crippen MR) is 81.6 cm³/mol. The van der Waals surface area contributed by atoms with Crippen molar-refractivity contribution in [3.63, 3.8) is 0 Å². The van der Waals surface area contributed by atoms with Gasteiger partial charge in [-0.05, 0) is 40.8 Å². The zero-order valence-corrected chi connectivity index (χ0v) is 12.9. The molecule has 0 unspecified atom stereocenters. The Balaban J connectivity index is 1.77. The fourth-order valence-corrected chi connectivity index (χ4v) is 2.12. The van der Waals surface area contributed by atoms with Crippen molar-refractivity contribution in [1.29, 1.82) is 0 Å². The van der Waals surface area contributed by atoms with Crippen molar-refractivity contribution in [2.75, 3.05) is 0 Å². The van der Waals surface area contributed by atoms with Crippen molar-refractivity contribution < 1.29 is 22.8 Å². The third kappa shape index (κ3) is 3.77. The van der Waals surface area contributed by atoms with E-state index in [4.69, 9.17) is 4.74 Å². The highest BCUT2D eigenvalue weighted by atomic mass is 19.4. The minimum atomic E-state index is -4.44. The van der Waals surface area contributed by atoms with Crippen LogP contribution in [0, 0.1) is 10.1 Å². The van der Waals surface area contributed by atoms with E-state index in [0.717, 1.165) is 12.1 Å². The van der Waals surface area contributed by atoms with Gasteiger partial charge >= 0.3 is 6.18 Å². The molecule has 2 aromatic carbocycles. The first-order valence-corrected chi connectivity index (χ1v) is 7.17. The maximum absolute atomic E-state index is 12.6. The third-order valence-electron chi connectivity index (χ3n) is 3.37. The predicted octanol–water partition coefficient (Wildman–Crippen LogP) is 3.17. The number of halogens is 3. The number of hydrogen-bond donors (Lipinski definition) is 0. The molecule has 134 valence electrons. The lowest BCUT2D eigenvalue weighted by Crippen LogP contribution is -2.08. The minimum absolute atomic E-state index is 0.130. The van der Waals surface area contributed by atoms with Gasteiger partial charge in [-0.25, -0.2) is 0 Å². The number of aromatic nitrogens is 4. The lowest BCUT2D eigenvalue weighted by atomic mass is 10.2. The number of tetrazole rings is 1. The van der Waals surface area contributed by atoms with Gasteiger partial charge in [-0.2, -0.15) is 17.9 Å². The van der Waals surface area contributed by atoms with Crippen LogP contribution >= 0.6 is 0 Å². The Morgan fingerprint density at radius 3 is 2.54 bits per heavy atom. The van der Waals surface area contributed by atoms with E-state index in [1.165, 1.54) is 41.1 Å². The van der Waals surface area contributed by atoms with Crippen LogP contribution in [0.4, 0.5) is 18.9 Å². The van der Waals surface area contributed by atoms with Gasteiger partial charge in [0.15, 0.2) is 5.82 Å². The maximum atomic E-state index is 12.6. The minimum Gasteiger partial charge on any atom is -0.485 e. The van der Waals surface area contributed by atoms with Crippen LogP contribution in [0.25, 0.3) is 5.69 Å². The molecule has 0 fully saturated rings. The SMILES string of the molecule is O=[N+]([O-])c1cccc(OCc2nnnn2-c2ccc(C(F)(F)F)cc2)c1. The first-order valence-electron chi connectivity index (χ1n) is 7.17. The Hall–Kier alpha value is -3.50. The molecule has 26 heavy (non-hydrogen) atoms. The van der Waals surface area contributed by atoms with Crippen molar-refractivity contribution in [3.05, 3.63) is 70.0 Å². The van der Waals surface area contributed by atoms with Gasteiger partial charge in [0.1, 0.15) is 12.4 Å². The lowest BCUT2D eigenvalue weighted by Gasteiger charge is -2.09. The zero-order chi connectivity index (χ0) is 18.7. The van der Waals surface area contributed by atoms with Crippen molar-refractivity contribution in [3.8, 4) is 11.4 Å². The number of nitrogens with zero attached hydrogens (tertiary/aromatic N) is 5. The molecule has 3 rings (SSSR count). The molecule has 0 aliphatic carbocycles. The van der Waals surface area contributed by atoms with Gasteiger partial charge < -0.3 is 4.74 Å². The number of nitro benzene ring substituents is 1. The first-order chi connectivity index (χ1) is 12.3. The Morgan fingerprint density at radius 2 is 1.88 bits per heavy atom. The summed E-state index contributed by atoms with van der Waals surface area (Å²) in [5.41, 5.74) is -0.603. The quantitative estimate of drug-likeness (QED) is 0.509. The van der Waals surface area contributed by atoms with Gasteiger partial charge in [-0.1, -0.05) is 6.07 Å². The molecule has 8 nitrogen and oxygen atoms in total. The summed E-state index contributed by atoms with van der Waals surface area (Å²) < 4.78 is 44.5. The Labute approximate surface area is 144 Å². The number of non-ortho nitro benzene ring substituents is 1. The average Bonchev–Trinajstić information content (AvgIpc) is 3.08. The Bertz CT molecular complexity index is 925. The second-order valence-corrected chi connectivity index (χ2v) is 5.09. The largest absolute Gasteiger partial charge is 0.485 e. The molecule has 0 bridgehead atoms. The molecule has 1 heterocycles. The topological polar surface area (TPSA) is 96.0 Å². The second-order valence-electron chi connectivity index (χ2n) is 5.09. The summed E-state index contributed by atoms with van der Waals surface area (Å²) in [4.78, 5) is 10.2. The summed E-state index contributed by atoms with van der Waals surface area (Å²) in [6.07, 6.45) is -4.44. The summed E-state index contributed by atoms with van der Waals surface area (Å²) in [6, 6.07) is 9.85. The molecule has 11 heteroatoms. The normalized spacial score (nSPS) is 11.3. The van der Waals surface area contributed by atoms with E-state index in [2.05, 4.69) is 15.5 Å². The van der Waals surface area contributed by atoms with E-state index < -0.39 is 16.7 Å². The van der Waals surface area contributed by atoms with Crippen LogP contribution < -0.4 is 4.74 Å². The highest BCUT2D eigenvalue weighted by molar-refractivity contribution is 5.38. The highest BCUT2D eigenvalue weighted by Crippen LogP contribution is 2.29. The number of nitro groups is 1. The molecule has 1 aromatic heterocycles. The van der Waals surface area contributed by atoms with Gasteiger partial charge in [0.2, 0.25) is 0 Å². The van der Waals surface area contributed by atoms with E-state index in [-0.39, 0.29) is 23.9 Å². The van der Waals surface area contributed by atoms with Crippen LogP contribution in [0.15, 0.2) is 48.5 Å². The summed E-state index contributed by atoms with van der Waals surface area (Å²) in [5, 5.41) is 21.7. The number of benzene rings is 2. The smallest absolute Gasteiger partial charge is 0.416 e. The van der Waals surface area contributed by atoms with Gasteiger partial charge in [-0.3, -0.25) is 10.1 Å². The van der Waals surface area contributed by atoms with Crippen molar-refractivity contribution >= 4 is 5.69 Å². The molecule has 0 saturated carbocycles. The van der Waals surface area contributed by atoms with Crippen LogP contribution in [-0.4, -0.2) is 25.1 Å². The average molecular weight is 365 g/mol. The van der Waals surface area contributed by atoms with E-state index in [9.17, 15) is 23.3 Å². The first kappa shape index (κ1) is 17.3. The molecule has 0 spiro atoms. The van der Waals surface area contributed by atoms with Crippen molar-refractivity contribution in [1.82, 2.24) is 20.2 Å². The van der Waals surface area contributed by atoms with Crippen molar-refractivity contribution in [2.24, 2.45) is 0 Å². The number of rotatable bonds is 5. The van der Waals surface area contributed by atoms with E-state index in [0.29, 0.717) is 5.69 Å². The maximum Gasteiger partial charge on any atom is 0.416 e. The molecule has 3 aromatic rings. The van der Waals surface area contributed by atoms with E-state index >= 15 is 0 Å². The highest BCUT2D eigenvalue weighted by Gasteiger charge is 2.30.